The normalized spacial score (nSPS) is 48.3. The van der Waals surface area contributed by atoms with Crippen LogP contribution in [-0.2, 0) is 47.5 Å². The van der Waals surface area contributed by atoms with Gasteiger partial charge in [0.1, 0.15) is 42.2 Å². The zero-order valence-electron chi connectivity index (χ0n) is 30.6. The molecule has 4 rings (SSSR count). The lowest BCUT2D eigenvalue weighted by Crippen LogP contribution is -2.63. The predicted molar refractivity (Wildman–Crippen MR) is 177 cm³/mol. The molecule has 0 aromatic rings. The Labute approximate surface area is 295 Å². The van der Waals surface area contributed by atoms with Crippen molar-refractivity contribution < 1.29 is 67.9 Å². The van der Waals surface area contributed by atoms with Crippen LogP contribution in [0.2, 0.25) is 0 Å². The molecule has 4 aliphatic rings. The van der Waals surface area contributed by atoms with Crippen LogP contribution in [0.3, 0.4) is 0 Å². The van der Waals surface area contributed by atoms with Crippen molar-refractivity contribution in [3.05, 3.63) is 24.3 Å². The van der Waals surface area contributed by atoms with Gasteiger partial charge >= 0.3 is 5.97 Å². The van der Waals surface area contributed by atoms with Crippen LogP contribution in [0.1, 0.15) is 61.3 Å². The summed E-state index contributed by atoms with van der Waals surface area (Å²) >= 11 is 0. The summed E-state index contributed by atoms with van der Waals surface area (Å²) in [4.78, 5) is 26.5. The molecule has 4 heterocycles. The van der Waals surface area contributed by atoms with Gasteiger partial charge in [0.2, 0.25) is 0 Å². The fraction of sp³-hybridized carbons (Fsp3) is 0.833. The lowest BCUT2D eigenvalue weighted by atomic mass is 9.82. The maximum Gasteiger partial charge on any atom is 0.330 e. The number of esters is 1. The van der Waals surface area contributed by atoms with Gasteiger partial charge in [-0.2, -0.15) is 0 Å². The van der Waals surface area contributed by atoms with Crippen molar-refractivity contribution in [1.29, 1.82) is 0 Å². The number of rotatable bonds is 8. The molecule has 4 N–H and O–H groups in total. The lowest BCUT2D eigenvalue weighted by Gasteiger charge is -2.47. The maximum absolute atomic E-state index is 13.3. The van der Waals surface area contributed by atoms with Gasteiger partial charge in [-0.25, -0.2) is 4.79 Å². The van der Waals surface area contributed by atoms with Gasteiger partial charge in [0.25, 0.3) is 0 Å². The monoisotopic (exact) mass is 714 g/mol. The van der Waals surface area contributed by atoms with E-state index in [9.17, 15) is 30.0 Å². The Hall–Kier alpha value is -1.82. The predicted octanol–water partition coefficient (Wildman–Crippen LogP) is 1.44. The van der Waals surface area contributed by atoms with Crippen LogP contribution in [-0.4, -0.2) is 138 Å². The number of ketones is 1. The van der Waals surface area contributed by atoms with Crippen molar-refractivity contribution in [2.24, 2.45) is 23.7 Å². The number of methoxy groups -OCH3 is 2. The minimum absolute atomic E-state index is 0.0113. The molecule has 286 valence electrons. The fourth-order valence-electron chi connectivity index (χ4n) is 7.41. The molecule has 0 aromatic heterocycles. The van der Waals surface area contributed by atoms with Crippen molar-refractivity contribution in [2.45, 2.75) is 147 Å². The van der Waals surface area contributed by atoms with E-state index in [0.717, 1.165) is 0 Å². The van der Waals surface area contributed by atoms with Crippen molar-refractivity contribution >= 4 is 11.8 Å². The minimum Gasteiger partial charge on any atom is -0.459 e. The molecule has 0 radical (unpaired) electrons. The van der Waals surface area contributed by atoms with Gasteiger partial charge in [-0.3, -0.25) is 4.79 Å². The summed E-state index contributed by atoms with van der Waals surface area (Å²) in [5, 5.41) is 43.0. The van der Waals surface area contributed by atoms with Crippen LogP contribution in [0.4, 0.5) is 0 Å². The average Bonchev–Trinajstić information content (AvgIpc) is 3.83. The van der Waals surface area contributed by atoms with Gasteiger partial charge < -0.3 is 58.3 Å². The molecule has 18 unspecified atom stereocenters. The molecule has 4 aliphatic heterocycles. The summed E-state index contributed by atoms with van der Waals surface area (Å²) in [7, 11) is 2.95. The molecule has 14 heteroatoms. The summed E-state index contributed by atoms with van der Waals surface area (Å²) in [6, 6.07) is 0. The fourth-order valence-corrected chi connectivity index (χ4v) is 7.41. The van der Waals surface area contributed by atoms with E-state index >= 15 is 0 Å². The molecule has 14 nitrogen and oxygen atoms in total. The Morgan fingerprint density at radius 3 is 2.22 bits per heavy atom. The molecule has 0 amide bonds. The lowest BCUT2D eigenvalue weighted by molar-refractivity contribution is -0.322. The molecule has 50 heavy (non-hydrogen) atoms. The van der Waals surface area contributed by atoms with Crippen LogP contribution < -0.4 is 0 Å². The van der Waals surface area contributed by atoms with Crippen LogP contribution in [0, 0.1) is 23.7 Å². The smallest absolute Gasteiger partial charge is 0.330 e. The van der Waals surface area contributed by atoms with Crippen LogP contribution in [0.25, 0.3) is 0 Å². The highest BCUT2D eigenvalue weighted by Gasteiger charge is 2.52. The van der Waals surface area contributed by atoms with E-state index in [1.165, 1.54) is 33.3 Å². The molecule has 3 fully saturated rings. The van der Waals surface area contributed by atoms with Crippen molar-refractivity contribution in [1.82, 2.24) is 0 Å². The van der Waals surface area contributed by atoms with Crippen LogP contribution in [0.15, 0.2) is 24.3 Å². The Bertz CT molecular complexity index is 1190. The summed E-state index contributed by atoms with van der Waals surface area (Å²) in [5.41, 5.74) is -1.85. The molecule has 3 saturated heterocycles. The molecule has 18 atom stereocenters. The summed E-state index contributed by atoms with van der Waals surface area (Å²) in [5.74, 6) is -2.25. The zero-order valence-corrected chi connectivity index (χ0v) is 30.6. The first-order valence-corrected chi connectivity index (χ1v) is 17.7. The number of epoxide rings is 1. The Morgan fingerprint density at radius 1 is 0.900 bits per heavy atom. The molecule has 0 saturated carbocycles. The SMILES string of the molecule is COC1C(OCC2C(C)OC(=O)/C=C/C(C)C(OC3OC(C)CC(O)(C(C)O)C3O)C(C)CC(C)C(=O)/C=C/C3OC32)OC(C)C(O)C1OC. The first-order chi connectivity index (χ1) is 23.5. The quantitative estimate of drug-likeness (QED) is 0.209. The highest BCUT2D eigenvalue weighted by Crippen LogP contribution is 2.38. The molecule has 0 spiro atoms. The average molecular weight is 715 g/mol. The highest BCUT2D eigenvalue weighted by molar-refractivity contribution is 5.91. The number of hydrogen-bond acceptors (Lipinski definition) is 14. The second-order valence-corrected chi connectivity index (χ2v) is 14.6. The Kier molecular flexibility index (Phi) is 14.2. The minimum atomic E-state index is -1.85. The first kappa shape index (κ1) is 40.9. The van der Waals surface area contributed by atoms with E-state index in [0.29, 0.717) is 6.42 Å². The third-order valence-corrected chi connectivity index (χ3v) is 10.7. The molecular formula is C36H58O14. The van der Waals surface area contributed by atoms with E-state index in [2.05, 4.69) is 0 Å². The number of aliphatic hydroxyl groups excluding tert-OH is 3. The second kappa shape index (κ2) is 17.3. The summed E-state index contributed by atoms with van der Waals surface area (Å²) < 4.78 is 47.2. The van der Waals surface area contributed by atoms with E-state index in [4.69, 9.17) is 37.9 Å². The van der Waals surface area contributed by atoms with Gasteiger partial charge in [-0.05, 0) is 52.2 Å². The number of cyclic esters (lactones) is 1. The largest absolute Gasteiger partial charge is 0.459 e. The van der Waals surface area contributed by atoms with Gasteiger partial charge in [-0.1, -0.05) is 26.8 Å². The van der Waals surface area contributed by atoms with E-state index in [1.807, 2.05) is 20.8 Å². The van der Waals surface area contributed by atoms with Gasteiger partial charge in [0.15, 0.2) is 18.4 Å². The molecule has 0 aromatic carbocycles. The number of hydrogen-bond donors (Lipinski definition) is 4. The number of carbonyl (C=O) groups is 2. The van der Waals surface area contributed by atoms with E-state index in [1.54, 1.807) is 32.9 Å². The molecule has 0 bridgehead atoms. The molecule has 0 aliphatic carbocycles. The van der Waals surface area contributed by atoms with Crippen molar-refractivity contribution in [3.8, 4) is 0 Å². The Morgan fingerprint density at radius 2 is 1.58 bits per heavy atom. The number of allylic oxidation sites excluding steroid dienone is 1. The third kappa shape index (κ3) is 9.39. The van der Waals surface area contributed by atoms with Crippen molar-refractivity contribution in [2.75, 3.05) is 20.8 Å². The topological polar surface area (TPSA) is 192 Å². The second-order valence-electron chi connectivity index (χ2n) is 14.6. The highest BCUT2D eigenvalue weighted by atomic mass is 16.7. The Balaban J connectivity index is 1.54. The number of ether oxygens (including phenoxy) is 8. The van der Waals surface area contributed by atoms with Gasteiger partial charge in [0, 0.05) is 44.5 Å². The van der Waals surface area contributed by atoms with E-state index < -0.39 is 109 Å². The van der Waals surface area contributed by atoms with Crippen LogP contribution in [0.5, 0.6) is 0 Å². The number of carbonyl (C=O) groups excluding carboxylic acids is 2. The van der Waals surface area contributed by atoms with Gasteiger partial charge in [0.05, 0.1) is 37.1 Å². The standard InChI is InChI=1S/C36H58O14/c1-17-10-13-27(39)47-21(5)24(16-45-34-32(44-9)31(43-8)28(40)22(6)48-34)30-26(49-30)12-11-25(38)18(2)14-19(3)29(17)50-35-33(41)36(42,23(7)37)15-20(4)46-35/h10-13,17-24,26,28-35,37,40-42H,14-16H2,1-9H3/b12-11+,13-10+. The maximum atomic E-state index is 13.3. The zero-order chi connectivity index (χ0) is 37.1. The number of fused-ring (bicyclic) bond motifs is 1. The summed E-state index contributed by atoms with van der Waals surface area (Å²) in [6.45, 7) is 12.2. The van der Waals surface area contributed by atoms with E-state index in [-0.39, 0.29) is 24.7 Å². The van der Waals surface area contributed by atoms with Crippen molar-refractivity contribution in [3.63, 3.8) is 0 Å². The number of aliphatic hydroxyl groups is 4. The third-order valence-electron chi connectivity index (χ3n) is 10.7. The van der Waals surface area contributed by atoms with Gasteiger partial charge in [-0.15, -0.1) is 0 Å². The first-order valence-electron chi connectivity index (χ1n) is 17.7. The van der Waals surface area contributed by atoms with Crippen LogP contribution >= 0.6 is 0 Å². The molecular weight excluding hydrogens is 656 g/mol. The summed E-state index contributed by atoms with van der Waals surface area (Å²) in [6.07, 6.45) is -3.96.